The fraction of sp³-hybridized carbons (Fsp3) is 0.375. The Bertz CT molecular complexity index is 609. The monoisotopic (exact) mass is 285 g/mol. The summed E-state index contributed by atoms with van der Waals surface area (Å²) in [6, 6.07) is 10.2. The van der Waals surface area contributed by atoms with E-state index in [0.717, 1.165) is 18.9 Å². The van der Waals surface area contributed by atoms with E-state index in [-0.39, 0.29) is 12.0 Å². The number of hydrogen-bond donors (Lipinski definition) is 2. The number of H-pyrrole nitrogens is 1. The van der Waals surface area contributed by atoms with Crippen molar-refractivity contribution in [3.05, 3.63) is 53.6 Å². The Morgan fingerprint density at radius 3 is 2.95 bits per heavy atom. The summed E-state index contributed by atoms with van der Waals surface area (Å²) in [6.07, 6.45) is 2.58. The van der Waals surface area contributed by atoms with Crippen molar-refractivity contribution in [1.29, 1.82) is 0 Å². The Hall–Kier alpha value is -2.14. The van der Waals surface area contributed by atoms with Gasteiger partial charge in [-0.05, 0) is 18.9 Å². The van der Waals surface area contributed by atoms with Crippen LogP contribution in [-0.4, -0.2) is 29.0 Å². The molecule has 2 heterocycles. The summed E-state index contributed by atoms with van der Waals surface area (Å²) in [7, 11) is 0. The van der Waals surface area contributed by atoms with Gasteiger partial charge in [0.1, 0.15) is 11.5 Å². The summed E-state index contributed by atoms with van der Waals surface area (Å²) in [5.41, 5.74) is 1.68. The Morgan fingerprint density at radius 2 is 2.24 bits per heavy atom. The first-order valence-electron chi connectivity index (χ1n) is 7.20. The molecule has 0 saturated carbocycles. The van der Waals surface area contributed by atoms with Gasteiger partial charge in [0.15, 0.2) is 0 Å². The lowest BCUT2D eigenvalue weighted by molar-refractivity contribution is 0.0844. The summed E-state index contributed by atoms with van der Waals surface area (Å²) >= 11 is 0. The Morgan fingerprint density at radius 1 is 1.43 bits per heavy atom. The Kier molecular flexibility index (Phi) is 4.01. The highest BCUT2D eigenvalue weighted by molar-refractivity contribution is 5.92. The van der Waals surface area contributed by atoms with Crippen molar-refractivity contribution in [3.8, 4) is 0 Å². The van der Waals surface area contributed by atoms with Crippen molar-refractivity contribution in [2.75, 3.05) is 13.2 Å². The second-order valence-electron chi connectivity index (χ2n) is 5.34. The van der Waals surface area contributed by atoms with Gasteiger partial charge in [-0.1, -0.05) is 30.3 Å². The number of aromatic nitrogens is 2. The van der Waals surface area contributed by atoms with Crippen molar-refractivity contribution in [3.63, 3.8) is 0 Å². The summed E-state index contributed by atoms with van der Waals surface area (Å²) in [4.78, 5) is 19.0. The van der Waals surface area contributed by atoms with E-state index in [4.69, 9.17) is 4.74 Å². The lowest BCUT2D eigenvalue weighted by atomic mass is 9.95. The first kappa shape index (κ1) is 13.8. The van der Waals surface area contributed by atoms with Crippen LogP contribution in [-0.2, 0) is 4.74 Å². The van der Waals surface area contributed by atoms with Crippen LogP contribution in [0.1, 0.15) is 34.4 Å². The summed E-state index contributed by atoms with van der Waals surface area (Å²) in [6.45, 7) is 3.17. The van der Waals surface area contributed by atoms with Gasteiger partial charge in [0.05, 0.1) is 12.3 Å². The smallest absolute Gasteiger partial charge is 0.269 e. The molecule has 1 fully saturated rings. The van der Waals surface area contributed by atoms with Crippen molar-refractivity contribution < 1.29 is 9.53 Å². The third kappa shape index (κ3) is 3.13. The van der Waals surface area contributed by atoms with Crippen LogP contribution < -0.4 is 5.32 Å². The minimum absolute atomic E-state index is 0.0648. The van der Waals surface area contributed by atoms with E-state index in [1.807, 2.05) is 25.1 Å². The molecule has 0 unspecified atom stereocenters. The molecule has 1 saturated heterocycles. The van der Waals surface area contributed by atoms with Crippen molar-refractivity contribution in [1.82, 2.24) is 15.3 Å². The highest BCUT2D eigenvalue weighted by Crippen LogP contribution is 2.33. The van der Waals surface area contributed by atoms with Crippen LogP contribution in [0.2, 0.25) is 0 Å². The third-order valence-corrected chi connectivity index (χ3v) is 3.81. The molecule has 0 bridgehead atoms. The van der Waals surface area contributed by atoms with Gasteiger partial charge >= 0.3 is 0 Å². The maximum absolute atomic E-state index is 12.0. The first-order valence-corrected chi connectivity index (χ1v) is 7.20. The number of rotatable bonds is 4. The molecule has 2 atom stereocenters. The Labute approximate surface area is 123 Å². The molecule has 5 heteroatoms. The van der Waals surface area contributed by atoms with Gasteiger partial charge in [0.25, 0.3) is 5.91 Å². The highest BCUT2D eigenvalue weighted by Gasteiger charge is 2.29. The molecular formula is C16H19N3O2. The lowest BCUT2D eigenvalue weighted by Crippen LogP contribution is -2.30. The van der Waals surface area contributed by atoms with E-state index >= 15 is 0 Å². The molecule has 0 spiro atoms. The first-order chi connectivity index (χ1) is 10.2. The number of aromatic amines is 1. The molecule has 1 amide bonds. The van der Waals surface area contributed by atoms with Gasteiger partial charge in [-0.2, -0.15) is 0 Å². The van der Waals surface area contributed by atoms with Crippen LogP contribution >= 0.6 is 0 Å². The van der Waals surface area contributed by atoms with Gasteiger partial charge in [0, 0.05) is 19.1 Å². The zero-order chi connectivity index (χ0) is 14.7. The highest BCUT2D eigenvalue weighted by atomic mass is 16.5. The van der Waals surface area contributed by atoms with E-state index in [1.54, 1.807) is 6.20 Å². The molecule has 2 N–H and O–H groups in total. The SMILES string of the molecule is Cc1ncc(C(=O)NC[C@H]2CCO[C@@H]2c2ccccc2)[nH]1. The molecule has 0 radical (unpaired) electrons. The van der Waals surface area contributed by atoms with Crippen LogP contribution in [0.5, 0.6) is 0 Å². The summed E-state index contributed by atoms with van der Waals surface area (Å²) in [5, 5.41) is 2.96. The second kappa shape index (κ2) is 6.10. The minimum atomic E-state index is -0.116. The molecule has 1 aliphatic heterocycles. The van der Waals surface area contributed by atoms with Gasteiger partial charge < -0.3 is 15.0 Å². The predicted octanol–water partition coefficient (Wildman–Crippen LogP) is 2.23. The number of hydrogen-bond acceptors (Lipinski definition) is 3. The molecule has 5 nitrogen and oxygen atoms in total. The average Bonchev–Trinajstić information content (AvgIpc) is 3.14. The van der Waals surface area contributed by atoms with Gasteiger partial charge in [-0.15, -0.1) is 0 Å². The number of aryl methyl sites for hydroxylation is 1. The number of ether oxygens (including phenoxy) is 1. The van der Waals surface area contributed by atoms with Crippen molar-refractivity contribution >= 4 is 5.91 Å². The van der Waals surface area contributed by atoms with Gasteiger partial charge in [-0.3, -0.25) is 4.79 Å². The number of benzene rings is 1. The molecule has 3 rings (SSSR count). The van der Waals surface area contributed by atoms with Crippen molar-refractivity contribution in [2.24, 2.45) is 5.92 Å². The number of nitrogens with one attached hydrogen (secondary N) is 2. The second-order valence-corrected chi connectivity index (χ2v) is 5.34. The average molecular weight is 285 g/mol. The molecular weight excluding hydrogens is 266 g/mol. The standard InChI is InChI=1S/C16H19N3O2/c1-11-17-10-14(19-11)16(20)18-9-13-7-8-21-15(13)12-5-3-2-4-6-12/h2-6,10,13,15H,7-9H2,1H3,(H,17,19)(H,18,20)/t13-,15-/m1/s1. The van der Waals surface area contributed by atoms with Gasteiger partial charge in [-0.25, -0.2) is 4.98 Å². The molecule has 0 aliphatic carbocycles. The fourth-order valence-corrected chi connectivity index (χ4v) is 2.71. The summed E-state index contributed by atoms with van der Waals surface area (Å²) < 4.78 is 5.82. The number of carbonyl (C=O) groups excluding carboxylic acids is 1. The number of amides is 1. The van der Waals surface area contributed by atoms with E-state index in [9.17, 15) is 4.79 Å². The largest absolute Gasteiger partial charge is 0.373 e. The van der Waals surface area contributed by atoms with E-state index in [2.05, 4.69) is 27.4 Å². The molecule has 21 heavy (non-hydrogen) atoms. The Balaban J connectivity index is 1.61. The normalized spacial score (nSPS) is 21.4. The molecule has 2 aromatic rings. The summed E-state index contributed by atoms with van der Waals surface area (Å²) in [5.74, 6) is 0.932. The van der Waals surface area contributed by atoms with Crippen LogP contribution in [0.4, 0.5) is 0 Å². The number of imidazole rings is 1. The van der Waals surface area contributed by atoms with E-state index < -0.39 is 0 Å². The van der Waals surface area contributed by atoms with Crippen LogP contribution in [0.3, 0.4) is 0 Å². The van der Waals surface area contributed by atoms with Crippen LogP contribution in [0, 0.1) is 12.8 Å². The van der Waals surface area contributed by atoms with Crippen LogP contribution in [0.25, 0.3) is 0 Å². The number of nitrogens with zero attached hydrogens (tertiary/aromatic N) is 1. The quantitative estimate of drug-likeness (QED) is 0.905. The molecule has 110 valence electrons. The third-order valence-electron chi connectivity index (χ3n) is 3.81. The predicted molar refractivity (Wildman–Crippen MR) is 78.9 cm³/mol. The van der Waals surface area contributed by atoms with E-state index in [0.29, 0.717) is 18.2 Å². The lowest BCUT2D eigenvalue weighted by Gasteiger charge is -2.19. The zero-order valence-corrected chi connectivity index (χ0v) is 12.0. The number of carbonyl (C=O) groups is 1. The minimum Gasteiger partial charge on any atom is -0.373 e. The van der Waals surface area contributed by atoms with Crippen LogP contribution in [0.15, 0.2) is 36.5 Å². The molecule has 1 aromatic heterocycles. The van der Waals surface area contributed by atoms with E-state index in [1.165, 1.54) is 5.56 Å². The topological polar surface area (TPSA) is 67.0 Å². The molecule has 1 aromatic carbocycles. The maximum atomic E-state index is 12.0. The maximum Gasteiger partial charge on any atom is 0.269 e. The molecule has 1 aliphatic rings. The fourth-order valence-electron chi connectivity index (χ4n) is 2.71. The van der Waals surface area contributed by atoms with Crippen molar-refractivity contribution in [2.45, 2.75) is 19.4 Å². The van der Waals surface area contributed by atoms with Gasteiger partial charge in [0.2, 0.25) is 0 Å². The zero-order valence-electron chi connectivity index (χ0n) is 12.0.